The van der Waals surface area contributed by atoms with Gasteiger partial charge in [0.1, 0.15) is 17.3 Å². The summed E-state index contributed by atoms with van der Waals surface area (Å²) >= 11 is 0. The molecule has 0 unspecified atom stereocenters. The van der Waals surface area contributed by atoms with Crippen molar-refractivity contribution in [3.63, 3.8) is 0 Å². The van der Waals surface area contributed by atoms with Crippen molar-refractivity contribution in [2.75, 3.05) is 5.32 Å². The molecule has 0 radical (unpaired) electrons. The van der Waals surface area contributed by atoms with Gasteiger partial charge in [0.15, 0.2) is 5.69 Å². The SMILES string of the molecule is Cc1ccc(NC(=O)c2nc[nH]c2C(=O)N[C@H](C)C(=O)OC(C)(C)C)cc1. The highest BCUT2D eigenvalue weighted by atomic mass is 16.6. The Morgan fingerprint density at radius 1 is 1.11 bits per heavy atom. The number of aromatic nitrogens is 2. The Labute approximate surface area is 157 Å². The van der Waals surface area contributed by atoms with Gasteiger partial charge in [-0.05, 0) is 46.8 Å². The zero-order valence-corrected chi connectivity index (χ0v) is 16.0. The number of hydrogen-bond donors (Lipinski definition) is 3. The van der Waals surface area contributed by atoms with Gasteiger partial charge in [-0.2, -0.15) is 0 Å². The number of H-pyrrole nitrogens is 1. The Morgan fingerprint density at radius 3 is 2.33 bits per heavy atom. The second-order valence-electron chi connectivity index (χ2n) is 7.17. The summed E-state index contributed by atoms with van der Waals surface area (Å²) in [5.41, 5.74) is 0.883. The molecule has 8 nitrogen and oxygen atoms in total. The van der Waals surface area contributed by atoms with Crippen molar-refractivity contribution in [2.45, 2.75) is 46.3 Å². The molecule has 2 aromatic rings. The number of imidazole rings is 1. The number of aromatic amines is 1. The van der Waals surface area contributed by atoms with Crippen LogP contribution in [0.2, 0.25) is 0 Å². The minimum absolute atomic E-state index is 0.0324. The van der Waals surface area contributed by atoms with Gasteiger partial charge >= 0.3 is 5.97 Å². The first-order valence-electron chi connectivity index (χ1n) is 8.52. The number of rotatable bonds is 5. The van der Waals surface area contributed by atoms with Gasteiger partial charge in [0, 0.05) is 5.69 Å². The highest BCUT2D eigenvalue weighted by Gasteiger charge is 2.26. The Balaban J connectivity index is 2.06. The largest absolute Gasteiger partial charge is 0.458 e. The van der Waals surface area contributed by atoms with Gasteiger partial charge in [-0.3, -0.25) is 9.59 Å². The zero-order valence-electron chi connectivity index (χ0n) is 16.0. The fourth-order valence-corrected chi connectivity index (χ4v) is 2.18. The summed E-state index contributed by atoms with van der Waals surface area (Å²) in [4.78, 5) is 43.4. The van der Waals surface area contributed by atoms with E-state index < -0.39 is 29.4 Å². The van der Waals surface area contributed by atoms with E-state index in [0.717, 1.165) is 5.56 Å². The summed E-state index contributed by atoms with van der Waals surface area (Å²) < 4.78 is 5.23. The number of anilines is 1. The molecule has 2 amide bonds. The van der Waals surface area contributed by atoms with Crippen molar-refractivity contribution in [3.8, 4) is 0 Å². The third-order valence-electron chi connectivity index (χ3n) is 3.50. The monoisotopic (exact) mass is 372 g/mol. The Bertz CT molecular complexity index is 834. The number of nitrogens with zero attached hydrogens (tertiary/aromatic N) is 1. The lowest BCUT2D eigenvalue weighted by molar-refractivity contribution is -0.156. The molecule has 2 rings (SSSR count). The van der Waals surface area contributed by atoms with Gasteiger partial charge in [-0.15, -0.1) is 0 Å². The zero-order chi connectivity index (χ0) is 20.2. The van der Waals surface area contributed by atoms with E-state index >= 15 is 0 Å². The number of carbonyl (C=O) groups is 3. The van der Waals surface area contributed by atoms with E-state index in [2.05, 4.69) is 20.6 Å². The fraction of sp³-hybridized carbons (Fsp3) is 0.368. The second kappa shape index (κ2) is 8.03. The highest BCUT2D eigenvalue weighted by molar-refractivity contribution is 6.10. The molecule has 0 aliphatic heterocycles. The summed E-state index contributed by atoms with van der Waals surface area (Å²) in [6, 6.07) is 6.34. The Hall–Kier alpha value is -3.16. The number of esters is 1. The van der Waals surface area contributed by atoms with Crippen LogP contribution < -0.4 is 10.6 Å². The number of ether oxygens (including phenoxy) is 1. The summed E-state index contributed by atoms with van der Waals surface area (Å²) in [6.07, 6.45) is 1.25. The second-order valence-corrected chi connectivity index (χ2v) is 7.17. The third-order valence-corrected chi connectivity index (χ3v) is 3.50. The van der Waals surface area contributed by atoms with Crippen molar-refractivity contribution in [1.82, 2.24) is 15.3 Å². The van der Waals surface area contributed by atoms with E-state index in [-0.39, 0.29) is 11.4 Å². The van der Waals surface area contributed by atoms with E-state index in [0.29, 0.717) is 5.69 Å². The molecule has 1 atom stereocenters. The number of amides is 2. The molecular formula is C19H24N4O4. The smallest absolute Gasteiger partial charge is 0.328 e. The molecule has 1 heterocycles. The summed E-state index contributed by atoms with van der Waals surface area (Å²) in [5, 5.41) is 5.19. The van der Waals surface area contributed by atoms with Crippen LogP contribution in [0.25, 0.3) is 0 Å². The van der Waals surface area contributed by atoms with Crippen LogP contribution in [-0.2, 0) is 9.53 Å². The van der Waals surface area contributed by atoms with Crippen molar-refractivity contribution < 1.29 is 19.1 Å². The maximum Gasteiger partial charge on any atom is 0.328 e. The van der Waals surface area contributed by atoms with Crippen molar-refractivity contribution in [1.29, 1.82) is 0 Å². The number of carbonyl (C=O) groups excluding carboxylic acids is 3. The van der Waals surface area contributed by atoms with Gasteiger partial charge in [0.05, 0.1) is 6.33 Å². The van der Waals surface area contributed by atoms with Crippen LogP contribution in [0.5, 0.6) is 0 Å². The quantitative estimate of drug-likeness (QED) is 0.698. The number of aryl methyl sites for hydroxylation is 1. The molecule has 0 aliphatic rings. The molecule has 27 heavy (non-hydrogen) atoms. The van der Waals surface area contributed by atoms with Gasteiger partial charge in [-0.25, -0.2) is 9.78 Å². The lowest BCUT2D eigenvalue weighted by atomic mass is 10.2. The number of nitrogens with one attached hydrogen (secondary N) is 3. The molecule has 144 valence electrons. The fourth-order valence-electron chi connectivity index (χ4n) is 2.18. The molecule has 0 aliphatic carbocycles. The predicted molar refractivity (Wildman–Crippen MR) is 100 cm³/mol. The minimum atomic E-state index is -0.881. The highest BCUT2D eigenvalue weighted by Crippen LogP contribution is 2.12. The predicted octanol–water partition coefficient (Wildman–Crippen LogP) is 2.43. The van der Waals surface area contributed by atoms with Gasteiger partial charge < -0.3 is 20.4 Å². The van der Waals surface area contributed by atoms with Crippen LogP contribution in [-0.4, -0.2) is 39.4 Å². The molecule has 0 bridgehead atoms. The average Bonchev–Trinajstić information content (AvgIpc) is 3.05. The molecular weight excluding hydrogens is 348 g/mol. The molecule has 0 saturated heterocycles. The van der Waals surface area contributed by atoms with Gasteiger partial charge in [0.25, 0.3) is 11.8 Å². The first-order chi connectivity index (χ1) is 12.6. The lowest BCUT2D eigenvalue weighted by Gasteiger charge is -2.22. The van der Waals surface area contributed by atoms with E-state index in [4.69, 9.17) is 4.74 Å². The maximum atomic E-state index is 12.4. The molecule has 3 N–H and O–H groups in total. The average molecular weight is 372 g/mol. The van der Waals surface area contributed by atoms with Crippen LogP contribution in [0.3, 0.4) is 0 Å². The topological polar surface area (TPSA) is 113 Å². The standard InChI is InChI=1S/C19H24N4O4/c1-11-6-8-13(9-7-11)23-17(25)15-14(20-10-21-15)16(24)22-12(2)18(26)27-19(3,4)5/h6-10,12H,1-5H3,(H,20,21)(H,22,24)(H,23,25)/t12-/m1/s1. The van der Waals surface area contributed by atoms with Gasteiger partial charge in [-0.1, -0.05) is 17.7 Å². The lowest BCUT2D eigenvalue weighted by Crippen LogP contribution is -2.42. The van der Waals surface area contributed by atoms with E-state index in [1.165, 1.54) is 13.3 Å². The Morgan fingerprint density at radius 2 is 1.74 bits per heavy atom. The molecule has 8 heteroatoms. The Kier molecular flexibility index (Phi) is 5.99. The van der Waals surface area contributed by atoms with E-state index in [9.17, 15) is 14.4 Å². The maximum absolute atomic E-state index is 12.4. The van der Waals surface area contributed by atoms with Crippen LogP contribution in [0.1, 0.15) is 54.2 Å². The molecule has 0 spiro atoms. The summed E-state index contributed by atoms with van der Waals surface area (Å²) in [5.74, 6) is -1.73. The first-order valence-corrected chi connectivity index (χ1v) is 8.52. The molecule has 1 aromatic carbocycles. The normalized spacial score (nSPS) is 12.2. The van der Waals surface area contributed by atoms with Crippen LogP contribution in [0.15, 0.2) is 30.6 Å². The van der Waals surface area contributed by atoms with Crippen LogP contribution in [0, 0.1) is 6.92 Å². The summed E-state index contributed by atoms with van der Waals surface area (Å²) in [6.45, 7) is 8.66. The number of benzene rings is 1. The van der Waals surface area contributed by atoms with Crippen LogP contribution in [0.4, 0.5) is 5.69 Å². The van der Waals surface area contributed by atoms with Crippen LogP contribution >= 0.6 is 0 Å². The van der Waals surface area contributed by atoms with E-state index in [1.54, 1.807) is 32.9 Å². The number of hydrogen-bond acceptors (Lipinski definition) is 5. The van der Waals surface area contributed by atoms with E-state index in [1.807, 2.05) is 19.1 Å². The summed E-state index contributed by atoms with van der Waals surface area (Å²) in [7, 11) is 0. The minimum Gasteiger partial charge on any atom is -0.458 e. The van der Waals surface area contributed by atoms with Crippen molar-refractivity contribution >= 4 is 23.5 Å². The van der Waals surface area contributed by atoms with Gasteiger partial charge in [0.2, 0.25) is 0 Å². The molecule has 1 aromatic heterocycles. The molecule has 0 saturated carbocycles. The van der Waals surface area contributed by atoms with Crippen molar-refractivity contribution in [2.24, 2.45) is 0 Å². The molecule has 0 fully saturated rings. The first kappa shape index (κ1) is 20.2. The van der Waals surface area contributed by atoms with Crippen molar-refractivity contribution in [3.05, 3.63) is 47.5 Å². The third kappa shape index (κ3) is 5.67.